The zero-order valence-electron chi connectivity index (χ0n) is 13.2. The maximum Gasteiger partial charge on any atom is 0.328 e. The molecule has 8 nitrogen and oxygen atoms in total. The van der Waals surface area contributed by atoms with Crippen molar-refractivity contribution in [2.45, 2.75) is 38.8 Å². The van der Waals surface area contributed by atoms with E-state index in [4.69, 9.17) is 4.74 Å². The second kappa shape index (κ2) is 7.35. The second-order valence-electron chi connectivity index (χ2n) is 5.78. The van der Waals surface area contributed by atoms with E-state index in [0.717, 1.165) is 25.9 Å². The van der Waals surface area contributed by atoms with Crippen molar-refractivity contribution in [3.63, 3.8) is 0 Å². The van der Waals surface area contributed by atoms with Crippen molar-refractivity contribution in [3.05, 3.63) is 11.9 Å². The molecule has 1 amide bonds. The fourth-order valence-electron chi connectivity index (χ4n) is 2.47. The van der Waals surface area contributed by atoms with Crippen molar-refractivity contribution >= 4 is 11.9 Å². The third-order valence-corrected chi connectivity index (χ3v) is 3.83. The molecule has 0 aromatic carbocycles. The van der Waals surface area contributed by atoms with Gasteiger partial charge in [0.05, 0.1) is 19.3 Å². The predicted octanol–water partition coefficient (Wildman–Crippen LogP) is 0.130. The van der Waals surface area contributed by atoms with Crippen LogP contribution in [0.15, 0.2) is 6.20 Å². The lowest BCUT2D eigenvalue weighted by Crippen LogP contribution is -2.45. The molecule has 0 aliphatic carbocycles. The van der Waals surface area contributed by atoms with Crippen LogP contribution in [0.25, 0.3) is 0 Å². The van der Waals surface area contributed by atoms with Gasteiger partial charge < -0.3 is 15.4 Å². The summed E-state index contributed by atoms with van der Waals surface area (Å²) in [5.41, 5.74) is 0.216. The van der Waals surface area contributed by atoms with Gasteiger partial charge in [0.1, 0.15) is 6.04 Å². The number of rotatable bonds is 5. The van der Waals surface area contributed by atoms with E-state index in [0.29, 0.717) is 0 Å². The first-order valence-electron chi connectivity index (χ1n) is 7.54. The third-order valence-electron chi connectivity index (χ3n) is 3.83. The maximum absolute atomic E-state index is 12.2. The van der Waals surface area contributed by atoms with Crippen LogP contribution in [0.1, 0.15) is 43.2 Å². The molecule has 22 heavy (non-hydrogen) atoms. The van der Waals surface area contributed by atoms with E-state index in [2.05, 4.69) is 20.9 Å². The third kappa shape index (κ3) is 3.82. The minimum absolute atomic E-state index is 0.0733. The molecular weight excluding hydrogens is 286 g/mol. The Kier molecular flexibility index (Phi) is 5.48. The summed E-state index contributed by atoms with van der Waals surface area (Å²) < 4.78 is 6.44. The number of carbonyl (C=O) groups excluding carboxylic acids is 2. The maximum atomic E-state index is 12.2. The van der Waals surface area contributed by atoms with Gasteiger partial charge in [-0.15, -0.1) is 5.10 Å². The van der Waals surface area contributed by atoms with Gasteiger partial charge in [-0.05, 0) is 31.8 Å². The van der Waals surface area contributed by atoms with Crippen LogP contribution in [0.2, 0.25) is 0 Å². The van der Waals surface area contributed by atoms with Crippen LogP contribution in [0.3, 0.4) is 0 Å². The Labute approximate surface area is 129 Å². The van der Waals surface area contributed by atoms with Crippen LogP contribution in [0.4, 0.5) is 0 Å². The van der Waals surface area contributed by atoms with Crippen molar-refractivity contribution in [2.75, 3.05) is 20.2 Å². The molecule has 2 N–H and O–H groups in total. The number of amides is 1. The fraction of sp³-hybridized carbons (Fsp3) is 0.714. The fourth-order valence-corrected chi connectivity index (χ4v) is 2.47. The number of esters is 1. The zero-order chi connectivity index (χ0) is 16.1. The summed E-state index contributed by atoms with van der Waals surface area (Å²) in [6.07, 6.45) is 3.56. The predicted molar refractivity (Wildman–Crippen MR) is 79.3 cm³/mol. The SMILES string of the molecule is COC(=O)C(NC(=O)c1cn(C2CCNCC2)nn1)C(C)C. The van der Waals surface area contributed by atoms with E-state index >= 15 is 0 Å². The number of nitrogens with zero attached hydrogens (tertiary/aromatic N) is 3. The summed E-state index contributed by atoms with van der Waals surface area (Å²) in [4.78, 5) is 23.9. The molecular formula is C14H23N5O3. The molecule has 1 aliphatic rings. The molecule has 0 saturated carbocycles. The highest BCUT2D eigenvalue weighted by atomic mass is 16.5. The van der Waals surface area contributed by atoms with E-state index in [-0.39, 0.29) is 17.7 Å². The number of piperidine rings is 1. The van der Waals surface area contributed by atoms with E-state index < -0.39 is 17.9 Å². The molecule has 1 atom stereocenters. The van der Waals surface area contributed by atoms with E-state index in [1.54, 1.807) is 10.9 Å². The molecule has 0 radical (unpaired) electrons. The average molecular weight is 309 g/mol. The summed E-state index contributed by atoms with van der Waals surface area (Å²) >= 11 is 0. The normalized spacial score (nSPS) is 17.3. The first kappa shape index (κ1) is 16.4. The lowest BCUT2D eigenvalue weighted by atomic mass is 10.0. The van der Waals surface area contributed by atoms with Gasteiger partial charge in [-0.3, -0.25) is 4.79 Å². The lowest BCUT2D eigenvalue weighted by Gasteiger charge is -2.22. The van der Waals surface area contributed by atoms with Crippen molar-refractivity contribution in [1.82, 2.24) is 25.6 Å². The van der Waals surface area contributed by atoms with Crippen LogP contribution >= 0.6 is 0 Å². The highest BCUT2D eigenvalue weighted by molar-refractivity contribution is 5.94. The van der Waals surface area contributed by atoms with Crippen LogP contribution < -0.4 is 10.6 Å². The number of nitrogens with one attached hydrogen (secondary N) is 2. The molecule has 1 unspecified atom stereocenters. The molecule has 2 rings (SSSR count). The standard InChI is InChI=1S/C14H23N5O3/c1-9(2)12(14(21)22-3)16-13(20)11-8-19(18-17-11)10-4-6-15-7-5-10/h8-10,12,15H,4-7H2,1-3H3,(H,16,20). The number of methoxy groups -OCH3 is 1. The molecule has 0 spiro atoms. The topological polar surface area (TPSA) is 98.1 Å². The molecule has 8 heteroatoms. The molecule has 1 saturated heterocycles. The van der Waals surface area contributed by atoms with Gasteiger partial charge in [-0.2, -0.15) is 0 Å². The van der Waals surface area contributed by atoms with Gasteiger partial charge >= 0.3 is 5.97 Å². The molecule has 1 aromatic rings. The van der Waals surface area contributed by atoms with Crippen molar-refractivity contribution < 1.29 is 14.3 Å². The number of carbonyl (C=O) groups is 2. The van der Waals surface area contributed by atoms with Gasteiger partial charge in [0.25, 0.3) is 5.91 Å². The molecule has 2 heterocycles. The number of aromatic nitrogens is 3. The summed E-state index contributed by atoms with van der Waals surface area (Å²) in [6, 6.07) is -0.432. The Morgan fingerprint density at radius 1 is 1.41 bits per heavy atom. The van der Waals surface area contributed by atoms with Crippen molar-refractivity contribution in [3.8, 4) is 0 Å². The van der Waals surface area contributed by atoms with Gasteiger partial charge in [-0.25, -0.2) is 9.48 Å². The van der Waals surface area contributed by atoms with Crippen LogP contribution in [-0.4, -0.2) is 53.1 Å². The highest BCUT2D eigenvalue weighted by Gasteiger charge is 2.27. The molecule has 1 fully saturated rings. The smallest absolute Gasteiger partial charge is 0.328 e. The van der Waals surface area contributed by atoms with E-state index in [1.165, 1.54) is 7.11 Å². The minimum Gasteiger partial charge on any atom is -0.467 e. The Morgan fingerprint density at radius 3 is 2.68 bits per heavy atom. The molecule has 1 aliphatic heterocycles. The summed E-state index contributed by atoms with van der Waals surface area (Å²) in [6.45, 7) is 5.55. The molecule has 0 bridgehead atoms. The largest absolute Gasteiger partial charge is 0.467 e. The minimum atomic E-state index is -0.693. The van der Waals surface area contributed by atoms with Crippen molar-refractivity contribution in [1.29, 1.82) is 0 Å². The Bertz CT molecular complexity index is 522. The number of hydrogen-bond donors (Lipinski definition) is 2. The Balaban J connectivity index is 2.03. The van der Waals surface area contributed by atoms with Crippen LogP contribution in [0.5, 0.6) is 0 Å². The average Bonchev–Trinajstić information content (AvgIpc) is 3.02. The first-order chi connectivity index (χ1) is 10.5. The second-order valence-corrected chi connectivity index (χ2v) is 5.78. The lowest BCUT2D eigenvalue weighted by molar-refractivity contribution is -0.144. The van der Waals surface area contributed by atoms with E-state index in [9.17, 15) is 9.59 Å². The van der Waals surface area contributed by atoms with Gasteiger partial charge in [-0.1, -0.05) is 19.1 Å². The number of hydrogen-bond acceptors (Lipinski definition) is 6. The quantitative estimate of drug-likeness (QED) is 0.750. The summed E-state index contributed by atoms with van der Waals surface area (Å²) in [5.74, 6) is -0.950. The van der Waals surface area contributed by atoms with Gasteiger partial charge in [0.2, 0.25) is 0 Å². The Morgan fingerprint density at radius 2 is 2.09 bits per heavy atom. The summed E-state index contributed by atoms with van der Waals surface area (Å²) in [5, 5.41) is 13.9. The first-order valence-corrected chi connectivity index (χ1v) is 7.54. The number of ether oxygens (including phenoxy) is 1. The Hall–Kier alpha value is -1.96. The van der Waals surface area contributed by atoms with Crippen LogP contribution in [-0.2, 0) is 9.53 Å². The van der Waals surface area contributed by atoms with Crippen LogP contribution in [0, 0.1) is 5.92 Å². The van der Waals surface area contributed by atoms with E-state index in [1.807, 2.05) is 13.8 Å². The monoisotopic (exact) mass is 309 g/mol. The molecule has 1 aromatic heterocycles. The summed E-state index contributed by atoms with van der Waals surface area (Å²) in [7, 11) is 1.30. The highest BCUT2D eigenvalue weighted by Crippen LogP contribution is 2.17. The molecule has 122 valence electrons. The zero-order valence-corrected chi connectivity index (χ0v) is 13.2. The van der Waals surface area contributed by atoms with Gasteiger partial charge in [0.15, 0.2) is 5.69 Å². The van der Waals surface area contributed by atoms with Gasteiger partial charge in [0, 0.05) is 0 Å². The van der Waals surface area contributed by atoms with Crippen molar-refractivity contribution in [2.24, 2.45) is 5.92 Å².